The number of benzene rings is 1. The molecule has 0 saturated heterocycles. The monoisotopic (exact) mass is 295 g/mol. The highest BCUT2D eigenvalue weighted by Crippen LogP contribution is 2.24. The van der Waals surface area contributed by atoms with Crippen molar-refractivity contribution in [3.8, 4) is 5.69 Å². The van der Waals surface area contributed by atoms with Crippen LogP contribution in [0.25, 0.3) is 5.69 Å². The molecule has 6 heteroatoms. The standard InChI is InChI=1S/C11H10BrN3O2/c1-17-11(16)7-6-14-15(10(7)13)9-5-3-2-4-8(9)12/h2-6H,13H2,1H3. The SMILES string of the molecule is COC(=O)c1cnn(-c2ccccc2Br)c1N. The number of carbonyl (C=O) groups excluding carboxylic acids is 1. The van der Waals surface area contributed by atoms with Crippen molar-refractivity contribution in [2.24, 2.45) is 0 Å². The topological polar surface area (TPSA) is 70.1 Å². The number of aromatic nitrogens is 2. The van der Waals surface area contributed by atoms with Crippen LogP contribution in [0.4, 0.5) is 5.82 Å². The molecule has 2 rings (SSSR count). The highest BCUT2D eigenvalue weighted by Gasteiger charge is 2.17. The van der Waals surface area contributed by atoms with Gasteiger partial charge < -0.3 is 10.5 Å². The third kappa shape index (κ3) is 2.03. The lowest BCUT2D eigenvalue weighted by atomic mass is 10.3. The summed E-state index contributed by atoms with van der Waals surface area (Å²) in [5, 5.41) is 4.08. The molecule has 0 aliphatic carbocycles. The molecular formula is C11H10BrN3O2. The summed E-state index contributed by atoms with van der Waals surface area (Å²) in [5.41, 5.74) is 6.88. The molecule has 0 bridgehead atoms. The van der Waals surface area contributed by atoms with E-state index in [1.165, 1.54) is 18.0 Å². The van der Waals surface area contributed by atoms with E-state index in [0.29, 0.717) is 0 Å². The Bertz CT molecular complexity index is 566. The zero-order chi connectivity index (χ0) is 12.4. The lowest BCUT2D eigenvalue weighted by Gasteiger charge is -2.06. The quantitative estimate of drug-likeness (QED) is 0.861. The molecule has 0 aliphatic rings. The van der Waals surface area contributed by atoms with E-state index in [-0.39, 0.29) is 11.4 Å². The van der Waals surface area contributed by atoms with Crippen LogP contribution in [0.2, 0.25) is 0 Å². The molecule has 5 nitrogen and oxygen atoms in total. The van der Waals surface area contributed by atoms with E-state index in [4.69, 9.17) is 5.73 Å². The summed E-state index contributed by atoms with van der Waals surface area (Å²) < 4.78 is 6.93. The molecule has 0 spiro atoms. The smallest absolute Gasteiger partial charge is 0.343 e. The van der Waals surface area contributed by atoms with Crippen LogP contribution in [0.1, 0.15) is 10.4 Å². The number of rotatable bonds is 2. The zero-order valence-electron chi connectivity index (χ0n) is 9.05. The molecule has 1 aromatic heterocycles. The second kappa shape index (κ2) is 4.58. The third-order valence-corrected chi connectivity index (χ3v) is 2.96. The fourth-order valence-electron chi connectivity index (χ4n) is 1.44. The largest absolute Gasteiger partial charge is 0.465 e. The van der Waals surface area contributed by atoms with Gasteiger partial charge in [0.1, 0.15) is 11.4 Å². The lowest BCUT2D eigenvalue weighted by Crippen LogP contribution is -2.07. The normalized spacial score (nSPS) is 10.2. The van der Waals surface area contributed by atoms with Gasteiger partial charge in [0.2, 0.25) is 0 Å². The highest BCUT2D eigenvalue weighted by molar-refractivity contribution is 9.10. The minimum atomic E-state index is -0.499. The lowest BCUT2D eigenvalue weighted by molar-refractivity contribution is 0.0602. The van der Waals surface area contributed by atoms with E-state index in [0.717, 1.165) is 10.2 Å². The molecule has 0 radical (unpaired) electrons. The molecular weight excluding hydrogens is 286 g/mol. The van der Waals surface area contributed by atoms with E-state index in [9.17, 15) is 4.79 Å². The number of nitrogen functional groups attached to an aromatic ring is 1. The molecule has 1 aromatic carbocycles. The van der Waals surface area contributed by atoms with Crippen molar-refractivity contribution in [1.29, 1.82) is 0 Å². The second-order valence-electron chi connectivity index (χ2n) is 3.30. The minimum Gasteiger partial charge on any atom is -0.465 e. The number of hydrogen-bond donors (Lipinski definition) is 1. The van der Waals surface area contributed by atoms with Gasteiger partial charge in [-0.1, -0.05) is 12.1 Å². The van der Waals surface area contributed by atoms with E-state index < -0.39 is 5.97 Å². The third-order valence-electron chi connectivity index (χ3n) is 2.29. The summed E-state index contributed by atoms with van der Waals surface area (Å²) >= 11 is 3.40. The summed E-state index contributed by atoms with van der Waals surface area (Å²) in [6.07, 6.45) is 1.39. The van der Waals surface area contributed by atoms with Crippen molar-refractivity contribution in [3.63, 3.8) is 0 Å². The Kier molecular flexibility index (Phi) is 3.14. The van der Waals surface area contributed by atoms with Crippen molar-refractivity contribution in [2.45, 2.75) is 0 Å². The molecule has 0 unspecified atom stereocenters. The Morgan fingerprint density at radius 3 is 2.82 bits per heavy atom. The van der Waals surface area contributed by atoms with Crippen molar-refractivity contribution >= 4 is 27.7 Å². The van der Waals surface area contributed by atoms with E-state index >= 15 is 0 Å². The molecule has 0 aliphatic heterocycles. The molecule has 2 N–H and O–H groups in total. The van der Waals surface area contributed by atoms with Crippen LogP contribution >= 0.6 is 15.9 Å². The van der Waals surface area contributed by atoms with Gasteiger partial charge >= 0.3 is 5.97 Å². The zero-order valence-corrected chi connectivity index (χ0v) is 10.6. The Morgan fingerprint density at radius 1 is 1.47 bits per heavy atom. The number of nitrogens with two attached hydrogens (primary N) is 1. The second-order valence-corrected chi connectivity index (χ2v) is 4.15. The number of methoxy groups -OCH3 is 1. The van der Waals surface area contributed by atoms with Crippen LogP contribution in [0.3, 0.4) is 0 Å². The van der Waals surface area contributed by atoms with Gasteiger partial charge in [0.25, 0.3) is 0 Å². The van der Waals surface area contributed by atoms with Gasteiger partial charge in [-0.2, -0.15) is 5.10 Å². The molecule has 0 saturated carbocycles. The molecule has 17 heavy (non-hydrogen) atoms. The average molecular weight is 296 g/mol. The van der Waals surface area contributed by atoms with Gasteiger partial charge in [-0.25, -0.2) is 9.48 Å². The summed E-state index contributed by atoms with van der Waals surface area (Å²) in [5.74, 6) is -0.246. The molecule has 0 atom stereocenters. The number of ether oxygens (including phenoxy) is 1. The summed E-state index contributed by atoms with van der Waals surface area (Å²) in [7, 11) is 1.30. The Hall–Kier alpha value is -1.82. The van der Waals surface area contributed by atoms with Gasteiger partial charge in [-0.05, 0) is 28.1 Å². The molecule has 0 amide bonds. The van der Waals surface area contributed by atoms with Crippen molar-refractivity contribution in [3.05, 3.63) is 40.5 Å². The van der Waals surface area contributed by atoms with E-state index in [1.807, 2.05) is 24.3 Å². The van der Waals surface area contributed by atoms with Gasteiger partial charge in [0, 0.05) is 4.47 Å². The predicted molar refractivity (Wildman–Crippen MR) is 67.0 cm³/mol. The number of para-hydroxylation sites is 1. The Balaban J connectivity index is 2.52. The van der Waals surface area contributed by atoms with Crippen LogP contribution in [0.5, 0.6) is 0 Å². The Morgan fingerprint density at radius 2 is 2.18 bits per heavy atom. The number of esters is 1. The van der Waals surface area contributed by atoms with Crippen molar-refractivity contribution < 1.29 is 9.53 Å². The summed E-state index contributed by atoms with van der Waals surface area (Å²) in [6, 6.07) is 7.45. The van der Waals surface area contributed by atoms with Crippen molar-refractivity contribution in [1.82, 2.24) is 9.78 Å². The minimum absolute atomic E-state index is 0.253. The van der Waals surface area contributed by atoms with Crippen LogP contribution < -0.4 is 5.73 Å². The first-order valence-corrected chi connectivity index (χ1v) is 5.61. The number of hydrogen-bond acceptors (Lipinski definition) is 4. The van der Waals surface area contributed by atoms with Gasteiger partial charge in [-0.15, -0.1) is 0 Å². The van der Waals surface area contributed by atoms with Crippen LogP contribution in [-0.4, -0.2) is 22.9 Å². The number of halogens is 1. The van der Waals surface area contributed by atoms with Gasteiger partial charge in [0.05, 0.1) is 19.0 Å². The van der Waals surface area contributed by atoms with Crippen LogP contribution in [0.15, 0.2) is 34.9 Å². The van der Waals surface area contributed by atoms with Gasteiger partial charge in [0.15, 0.2) is 0 Å². The van der Waals surface area contributed by atoms with E-state index in [2.05, 4.69) is 25.8 Å². The van der Waals surface area contributed by atoms with Crippen LogP contribution in [0, 0.1) is 0 Å². The van der Waals surface area contributed by atoms with Crippen molar-refractivity contribution in [2.75, 3.05) is 12.8 Å². The van der Waals surface area contributed by atoms with Crippen LogP contribution in [-0.2, 0) is 4.74 Å². The van der Waals surface area contributed by atoms with Gasteiger partial charge in [-0.3, -0.25) is 0 Å². The fourth-order valence-corrected chi connectivity index (χ4v) is 1.89. The predicted octanol–water partition coefficient (Wildman–Crippen LogP) is 2.00. The number of carbonyl (C=O) groups is 1. The van der Waals surface area contributed by atoms with E-state index in [1.54, 1.807) is 0 Å². The first kappa shape index (κ1) is 11.7. The molecule has 0 fully saturated rings. The summed E-state index contributed by atoms with van der Waals surface area (Å²) in [4.78, 5) is 11.4. The number of nitrogens with zero attached hydrogens (tertiary/aromatic N) is 2. The number of anilines is 1. The Labute approximate surface area is 106 Å². The molecule has 2 aromatic rings. The highest BCUT2D eigenvalue weighted by atomic mass is 79.9. The first-order valence-electron chi connectivity index (χ1n) is 4.82. The fraction of sp³-hybridized carbons (Fsp3) is 0.0909. The molecule has 1 heterocycles. The molecule has 88 valence electrons. The maximum absolute atomic E-state index is 11.4. The maximum atomic E-state index is 11.4. The maximum Gasteiger partial charge on any atom is 0.343 e. The average Bonchev–Trinajstić information content (AvgIpc) is 2.71. The summed E-state index contributed by atoms with van der Waals surface area (Å²) in [6.45, 7) is 0. The first-order chi connectivity index (χ1) is 8.15.